The number of hydrogen-bond donors (Lipinski definition) is 0. The van der Waals surface area contributed by atoms with Crippen molar-refractivity contribution < 1.29 is 22.0 Å². The number of halogens is 8. The normalized spacial score (nSPS) is 16.9. The van der Waals surface area contributed by atoms with Crippen LogP contribution in [0.15, 0.2) is 48.5 Å². The van der Waals surface area contributed by atoms with Crippen molar-refractivity contribution in [3.05, 3.63) is 88.7 Å². The van der Waals surface area contributed by atoms with Gasteiger partial charge in [-0.3, -0.25) is 0 Å². The van der Waals surface area contributed by atoms with Crippen LogP contribution in [-0.2, 0) is 4.33 Å². The van der Waals surface area contributed by atoms with Crippen molar-refractivity contribution in [2.45, 2.75) is 9.71 Å². The van der Waals surface area contributed by atoms with Gasteiger partial charge in [0.2, 0.25) is 6.71 Å². The lowest BCUT2D eigenvalue weighted by Gasteiger charge is -2.41. The van der Waals surface area contributed by atoms with Crippen molar-refractivity contribution >= 4 is 57.9 Å². The van der Waals surface area contributed by atoms with E-state index in [2.05, 4.69) is 0 Å². The molecule has 1 aliphatic carbocycles. The molecule has 0 saturated carbocycles. The van der Waals surface area contributed by atoms with Gasteiger partial charge in [0.15, 0.2) is 33.4 Å². The van der Waals surface area contributed by atoms with Crippen molar-refractivity contribution in [3.63, 3.8) is 0 Å². The fourth-order valence-electron chi connectivity index (χ4n) is 3.69. The largest absolute Gasteiger partial charge is 0.249 e. The van der Waals surface area contributed by atoms with Gasteiger partial charge in [0.1, 0.15) is 0 Å². The van der Waals surface area contributed by atoms with Crippen LogP contribution in [0.3, 0.4) is 0 Å². The molecule has 1 aliphatic rings. The summed E-state index contributed by atoms with van der Waals surface area (Å²) in [5.41, 5.74) is 0.341. The minimum absolute atomic E-state index is 0.207. The molecule has 9 heteroatoms. The van der Waals surface area contributed by atoms with Gasteiger partial charge in [-0.05, 0) is 11.1 Å². The zero-order chi connectivity index (χ0) is 21.1. The SMILES string of the molecule is Fc1c(F)c(F)c(B(c2ccccc2)c2cccc3c2C(Cl)(Cl)C3Cl)c(F)c1F. The average molecular weight is 461 g/mol. The topological polar surface area (TPSA) is 0 Å². The molecule has 0 amide bonds. The van der Waals surface area contributed by atoms with Crippen LogP contribution in [0.2, 0.25) is 0 Å². The van der Waals surface area contributed by atoms with E-state index in [-0.39, 0.29) is 5.46 Å². The molecular weight excluding hydrogens is 452 g/mol. The first kappa shape index (κ1) is 20.5. The highest BCUT2D eigenvalue weighted by molar-refractivity contribution is 6.96. The quantitative estimate of drug-likeness (QED) is 0.173. The Morgan fingerprint density at radius 3 is 1.86 bits per heavy atom. The number of alkyl halides is 3. The summed E-state index contributed by atoms with van der Waals surface area (Å²) in [6.07, 6.45) is 0. The van der Waals surface area contributed by atoms with Gasteiger partial charge >= 0.3 is 0 Å². The van der Waals surface area contributed by atoms with Crippen LogP contribution in [-0.4, -0.2) is 6.71 Å². The Hall–Kier alpha value is -1.76. The third kappa shape index (κ3) is 2.96. The van der Waals surface area contributed by atoms with Crippen LogP contribution in [0, 0.1) is 29.1 Å². The number of fused-ring (bicyclic) bond motifs is 1. The lowest BCUT2D eigenvalue weighted by atomic mass is 9.35. The van der Waals surface area contributed by atoms with Crippen LogP contribution in [0.1, 0.15) is 16.5 Å². The number of hydrogen-bond acceptors (Lipinski definition) is 0. The molecule has 0 aliphatic heterocycles. The summed E-state index contributed by atoms with van der Waals surface area (Å²) in [6, 6.07) is 12.5. The Balaban J connectivity index is 2.07. The number of benzene rings is 3. The smallest absolute Gasteiger partial charge is 0.204 e. The maximum atomic E-state index is 14.7. The molecule has 0 radical (unpaired) electrons. The van der Waals surface area contributed by atoms with Crippen LogP contribution < -0.4 is 16.4 Å². The predicted molar refractivity (Wildman–Crippen MR) is 106 cm³/mol. The maximum absolute atomic E-state index is 14.7. The molecule has 29 heavy (non-hydrogen) atoms. The van der Waals surface area contributed by atoms with Crippen molar-refractivity contribution in [2.75, 3.05) is 0 Å². The minimum Gasteiger partial charge on any atom is -0.204 e. The summed E-state index contributed by atoms with van der Waals surface area (Å²) in [4.78, 5) is 0. The van der Waals surface area contributed by atoms with Gasteiger partial charge in [0, 0.05) is 5.46 Å². The standard InChI is InChI=1S/C20H9BCl3F5/c22-19-10-7-4-8-11(12(10)20(19,23)24)21(9-5-2-1-3-6-9)13-14(25)16(27)18(29)17(28)15(13)26/h1-8,19H. The minimum atomic E-state index is -2.22. The van der Waals surface area contributed by atoms with Crippen LogP contribution in [0.5, 0.6) is 0 Å². The molecule has 148 valence electrons. The lowest BCUT2D eigenvalue weighted by molar-refractivity contribution is 0.384. The van der Waals surface area contributed by atoms with E-state index < -0.39 is 51.0 Å². The first-order chi connectivity index (χ1) is 13.7. The Morgan fingerprint density at radius 1 is 0.724 bits per heavy atom. The highest BCUT2D eigenvalue weighted by Crippen LogP contribution is 2.58. The highest BCUT2D eigenvalue weighted by atomic mass is 35.5. The van der Waals surface area contributed by atoms with Crippen LogP contribution >= 0.6 is 34.8 Å². The van der Waals surface area contributed by atoms with E-state index in [9.17, 15) is 22.0 Å². The molecule has 0 aromatic heterocycles. The van der Waals surface area contributed by atoms with E-state index in [1.807, 2.05) is 0 Å². The molecule has 0 fully saturated rings. The highest BCUT2D eigenvalue weighted by Gasteiger charge is 2.52. The second-order valence-electron chi connectivity index (χ2n) is 6.62. The predicted octanol–water partition coefficient (Wildman–Crippen LogP) is 4.82. The molecule has 0 spiro atoms. The van der Waals surface area contributed by atoms with E-state index in [1.165, 1.54) is 18.2 Å². The van der Waals surface area contributed by atoms with Gasteiger partial charge in [0.25, 0.3) is 0 Å². The summed E-state index contributed by atoms with van der Waals surface area (Å²) in [5.74, 6) is -10.1. The number of rotatable bonds is 3. The second-order valence-corrected chi connectivity index (χ2v) is 8.45. The van der Waals surface area contributed by atoms with Crippen LogP contribution in [0.25, 0.3) is 0 Å². The molecule has 0 heterocycles. The molecule has 0 saturated heterocycles. The molecule has 3 aromatic rings. The van der Waals surface area contributed by atoms with Crippen LogP contribution in [0.4, 0.5) is 22.0 Å². The van der Waals surface area contributed by atoms with E-state index in [4.69, 9.17) is 34.8 Å². The third-order valence-corrected chi connectivity index (χ3v) is 6.63. The zero-order valence-electron chi connectivity index (χ0n) is 14.3. The molecule has 0 N–H and O–H groups in total. The van der Waals surface area contributed by atoms with Crippen molar-refractivity contribution in [1.29, 1.82) is 0 Å². The molecule has 4 rings (SSSR count). The third-order valence-electron chi connectivity index (χ3n) is 5.03. The Labute approximate surface area is 178 Å². The monoisotopic (exact) mass is 460 g/mol. The first-order valence-electron chi connectivity index (χ1n) is 8.39. The van der Waals surface area contributed by atoms with E-state index in [0.717, 1.165) is 0 Å². The summed E-state index contributed by atoms with van der Waals surface area (Å²) < 4.78 is 69.4. The molecule has 0 bridgehead atoms. The second kappa shape index (κ2) is 7.19. The molecule has 0 nitrogen and oxygen atoms in total. The molecule has 1 atom stereocenters. The summed E-state index contributed by atoms with van der Waals surface area (Å²) >= 11 is 18.8. The maximum Gasteiger partial charge on any atom is 0.249 e. The Morgan fingerprint density at radius 2 is 1.28 bits per heavy atom. The van der Waals surface area contributed by atoms with E-state index in [0.29, 0.717) is 16.6 Å². The van der Waals surface area contributed by atoms with Gasteiger partial charge in [-0.15, -0.1) is 11.6 Å². The lowest BCUT2D eigenvalue weighted by Crippen LogP contribution is -2.58. The summed E-state index contributed by atoms with van der Waals surface area (Å²) in [7, 11) is 0. The van der Waals surface area contributed by atoms with Gasteiger partial charge < -0.3 is 0 Å². The Bertz CT molecular complexity index is 1090. The molecule has 3 aromatic carbocycles. The molecular formula is C20H9BCl3F5. The van der Waals surface area contributed by atoms with Gasteiger partial charge in [-0.2, -0.15) is 0 Å². The van der Waals surface area contributed by atoms with Gasteiger partial charge in [-0.25, -0.2) is 22.0 Å². The van der Waals surface area contributed by atoms with Crippen molar-refractivity contribution in [1.82, 2.24) is 0 Å². The Kier molecular flexibility index (Phi) is 5.08. The van der Waals surface area contributed by atoms with E-state index >= 15 is 0 Å². The summed E-state index contributed by atoms with van der Waals surface area (Å²) in [6.45, 7) is -1.35. The first-order valence-corrected chi connectivity index (χ1v) is 9.58. The molecule has 1 unspecified atom stereocenters. The summed E-state index contributed by atoms with van der Waals surface area (Å²) in [5, 5.41) is -0.784. The zero-order valence-corrected chi connectivity index (χ0v) is 16.6. The van der Waals surface area contributed by atoms with Crippen molar-refractivity contribution in [2.24, 2.45) is 0 Å². The average Bonchev–Trinajstić information content (AvgIpc) is 2.73. The fourth-order valence-corrected chi connectivity index (χ4v) is 4.65. The van der Waals surface area contributed by atoms with Gasteiger partial charge in [0.05, 0.1) is 5.38 Å². The fraction of sp³-hybridized carbons (Fsp3) is 0.100. The van der Waals surface area contributed by atoms with Gasteiger partial charge in [-0.1, -0.05) is 82.7 Å². The van der Waals surface area contributed by atoms with E-state index in [1.54, 1.807) is 30.3 Å². The van der Waals surface area contributed by atoms with Crippen molar-refractivity contribution in [3.8, 4) is 0 Å².